The lowest BCUT2D eigenvalue weighted by molar-refractivity contribution is -0.152. The normalized spacial score (nSPS) is 27.2. The summed E-state index contributed by atoms with van der Waals surface area (Å²) in [5.41, 5.74) is -0.607. The molecule has 0 aromatic heterocycles. The highest BCUT2D eigenvalue weighted by Crippen LogP contribution is 2.34. The predicted molar refractivity (Wildman–Crippen MR) is 68.4 cm³/mol. The van der Waals surface area contributed by atoms with Crippen LogP contribution in [0.4, 0.5) is 13.2 Å². The van der Waals surface area contributed by atoms with Crippen molar-refractivity contribution in [3.8, 4) is 0 Å². The Hall–Kier alpha value is -1.53. The predicted octanol–water partition coefficient (Wildman–Crippen LogP) is 2.60. The Bertz CT molecular complexity index is 459. The van der Waals surface area contributed by atoms with E-state index in [0.717, 1.165) is 18.9 Å². The van der Waals surface area contributed by atoms with E-state index in [2.05, 4.69) is 0 Å². The molecular formula is C14H18F3NO3. The van der Waals surface area contributed by atoms with Crippen LogP contribution in [0.2, 0.25) is 0 Å². The molecule has 118 valence electrons. The summed E-state index contributed by atoms with van der Waals surface area (Å²) < 4.78 is 37.6. The van der Waals surface area contributed by atoms with Crippen LogP contribution >= 0.6 is 0 Å². The molecule has 2 aliphatic rings. The van der Waals surface area contributed by atoms with Crippen LogP contribution in [0.25, 0.3) is 0 Å². The molecule has 4 nitrogen and oxygen atoms in total. The molecule has 21 heavy (non-hydrogen) atoms. The van der Waals surface area contributed by atoms with Crippen LogP contribution in [0.3, 0.4) is 0 Å². The highest BCUT2D eigenvalue weighted by Gasteiger charge is 2.40. The second kappa shape index (κ2) is 6.07. The minimum absolute atomic E-state index is 0.00696. The maximum Gasteiger partial charge on any atom is 0.412 e. The lowest BCUT2D eigenvalue weighted by Crippen LogP contribution is -2.44. The van der Waals surface area contributed by atoms with Crippen molar-refractivity contribution < 1.29 is 27.9 Å². The molecule has 2 rings (SSSR count). The number of carbonyl (C=O) groups excluding carboxylic acids is 1. The number of carbonyl (C=O) groups is 2. The van der Waals surface area contributed by atoms with Gasteiger partial charge in [-0.2, -0.15) is 13.2 Å². The molecule has 7 heteroatoms. The van der Waals surface area contributed by atoms with Gasteiger partial charge in [-0.25, -0.2) is 0 Å². The van der Waals surface area contributed by atoms with E-state index in [9.17, 15) is 27.9 Å². The molecule has 0 aromatic rings. The number of aliphatic carboxylic acids is 1. The first-order chi connectivity index (χ1) is 9.80. The van der Waals surface area contributed by atoms with Gasteiger partial charge in [-0.3, -0.25) is 9.59 Å². The number of carboxylic acids is 1. The molecule has 0 bridgehead atoms. The van der Waals surface area contributed by atoms with Crippen LogP contribution in [0, 0.1) is 11.8 Å². The summed E-state index contributed by atoms with van der Waals surface area (Å²) in [6, 6.07) is 0. The topological polar surface area (TPSA) is 57.6 Å². The van der Waals surface area contributed by atoms with Crippen molar-refractivity contribution in [1.29, 1.82) is 0 Å². The first-order valence-corrected chi connectivity index (χ1v) is 7.08. The quantitative estimate of drug-likeness (QED) is 0.798. The van der Waals surface area contributed by atoms with Crippen molar-refractivity contribution in [2.24, 2.45) is 11.8 Å². The largest absolute Gasteiger partial charge is 0.481 e. The minimum Gasteiger partial charge on any atom is -0.481 e. The molecule has 1 aliphatic carbocycles. The molecule has 1 fully saturated rings. The smallest absolute Gasteiger partial charge is 0.412 e. The average molecular weight is 305 g/mol. The van der Waals surface area contributed by atoms with Crippen LogP contribution in [0.15, 0.2) is 11.6 Å². The van der Waals surface area contributed by atoms with E-state index in [1.807, 2.05) is 0 Å². The molecular weight excluding hydrogens is 287 g/mol. The van der Waals surface area contributed by atoms with Crippen molar-refractivity contribution in [3.05, 3.63) is 11.6 Å². The fourth-order valence-electron chi connectivity index (χ4n) is 3.08. The second-order valence-electron chi connectivity index (χ2n) is 5.60. The zero-order valence-corrected chi connectivity index (χ0v) is 11.5. The molecule has 1 N–H and O–H groups in total. The van der Waals surface area contributed by atoms with Gasteiger partial charge in [0.15, 0.2) is 0 Å². The molecule has 1 amide bonds. The van der Waals surface area contributed by atoms with Gasteiger partial charge < -0.3 is 10.0 Å². The highest BCUT2D eigenvalue weighted by atomic mass is 19.4. The van der Waals surface area contributed by atoms with E-state index in [4.69, 9.17) is 0 Å². The zero-order chi connectivity index (χ0) is 15.6. The van der Waals surface area contributed by atoms with Gasteiger partial charge in [0.25, 0.3) is 0 Å². The van der Waals surface area contributed by atoms with Gasteiger partial charge in [0, 0.05) is 18.7 Å². The van der Waals surface area contributed by atoms with Gasteiger partial charge in [-0.1, -0.05) is 18.9 Å². The number of nitrogens with zero attached hydrogens (tertiary/aromatic N) is 1. The van der Waals surface area contributed by atoms with Gasteiger partial charge in [0.05, 0.1) is 11.8 Å². The van der Waals surface area contributed by atoms with Crippen LogP contribution in [0.5, 0.6) is 0 Å². The Labute approximate surface area is 120 Å². The summed E-state index contributed by atoms with van der Waals surface area (Å²) >= 11 is 0. The van der Waals surface area contributed by atoms with E-state index in [0.29, 0.717) is 12.8 Å². The third-order valence-corrected chi connectivity index (χ3v) is 4.29. The molecule has 1 heterocycles. The number of rotatable bonds is 2. The Balaban J connectivity index is 2.04. The van der Waals surface area contributed by atoms with E-state index < -0.39 is 29.6 Å². The lowest BCUT2D eigenvalue weighted by Gasteiger charge is -2.34. The summed E-state index contributed by atoms with van der Waals surface area (Å²) in [5.74, 6) is -2.62. The van der Waals surface area contributed by atoms with Crippen LogP contribution in [-0.4, -0.2) is 41.1 Å². The number of amides is 1. The van der Waals surface area contributed by atoms with Crippen molar-refractivity contribution in [2.75, 3.05) is 13.1 Å². The third kappa shape index (κ3) is 3.57. The van der Waals surface area contributed by atoms with E-state index in [1.165, 1.54) is 4.90 Å². The SMILES string of the molecule is O=C(O)C1CCCCC1C(=O)N1CC=C(C(F)(F)F)CC1. The van der Waals surface area contributed by atoms with Crippen molar-refractivity contribution >= 4 is 11.9 Å². The van der Waals surface area contributed by atoms with Gasteiger partial charge in [0.2, 0.25) is 5.91 Å². The van der Waals surface area contributed by atoms with Crippen LogP contribution < -0.4 is 0 Å². The van der Waals surface area contributed by atoms with E-state index >= 15 is 0 Å². The first kappa shape index (κ1) is 15.9. The minimum atomic E-state index is -4.34. The molecule has 2 unspecified atom stereocenters. The summed E-state index contributed by atoms with van der Waals surface area (Å²) in [4.78, 5) is 24.9. The average Bonchev–Trinajstić information content (AvgIpc) is 2.45. The lowest BCUT2D eigenvalue weighted by atomic mass is 9.78. The molecule has 1 aliphatic heterocycles. The fourth-order valence-corrected chi connectivity index (χ4v) is 3.08. The summed E-state index contributed by atoms with van der Waals surface area (Å²) in [6.07, 6.45) is -1.01. The van der Waals surface area contributed by atoms with Crippen molar-refractivity contribution in [2.45, 2.75) is 38.3 Å². The number of carboxylic acid groups (broad SMARTS) is 1. The molecule has 0 radical (unpaired) electrons. The van der Waals surface area contributed by atoms with Crippen molar-refractivity contribution in [1.82, 2.24) is 4.90 Å². The van der Waals surface area contributed by atoms with Gasteiger partial charge >= 0.3 is 12.1 Å². The molecule has 0 saturated heterocycles. The number of halogens is 3. The molecule has 0 spiro atoms. The molecule has 1 saturated carbocycles. The van der Waals surface area contributed by atoms with Crippen molar-refractivity contribution in [3.63, 3.8) is 0 Å². The second-order valence-corrected chi connectivity index (χ2v) is 5.60. The Morgan fingerprint density at radius 3 is 2.29 bits per heavy atom. The Morgan fingerprint density at radius 2 is 1.81 bits per heavy atom. The van der Waals surface area contributed by atoms with Gasteiger partial charge in [0.1, 0.15) is 0 Å². The zero-order valence-electron chi connectivity index (χ0n) is 11.5. The van der Waals surface area contributed by atoms with E-state index in [1.54, 1.807) is 0 Å². The summed E-state index contributed by atoms with van der Waals surface area (Å²) in [5, 5.41) is 9.17. The number of hydrogen-bond acceptors (Lipinski definition) is 2. The van der Waals surface area contributed by atoms with Crippen LogP contribution in [0.1, 0.15) is 32.1 Å². The maximum absolute atomic E-state index is 12.5. The Kier molecular flexibility index (Phi) is 4.58. The third-order valence-electron chi connectivity index (χ3n) is 4.29. The standard InChI is InChI=1S/C14H18F3NO3/c15-14(16,17)9-5-7-18(8-6-9)12(19)10-3-1-2-4-11(10)13(20)21/h5,10-11H,1-4,6-8H2,(H,20,21). The van der Waals surface area contributed by atoms with Crippen LogP contribution in [-0.2, 0) is 9.59 Å². The summed E-state index contributed by atoms with van der Waals surface area (Å²) in [6.45, 7) is -0.0798. The van der Waals surface area contributed by atoms with Gasteiger partial charge in [-0.15, -0.1) is 0 Å². The molecule has 0 aromatic carbocycles. The maximum atomic E-state index is 12.5. The van der Waals surface area contributed by atoms with Gasteiger partial charge in [-0.05, 0) is 19.3 Å². The molecule has 2 atom stereocenters. The number of alkyl halides is 3. The fraction of sp³-hybridized carbons (Fsp3) is 0.714. The number of hydrogen-bond donors (Lipinski definition) is 1. The highest BCUT2D eigenvalue weighted by molar-refractivity contribution is 5.85. The Morgan fingerprint density at radius 1 is 1.19 bits per heavy atom. The van der Waals surface area contributed by atoms with E-state index in [-0.39, 0.29) is 25.4 Å². The monoisotopic (exact) mass is 305 g/mol. The first-order valence-electron chi connectivity index (χ1n) is 7.08. The summed E-state index contributed by atoms with van der Waals surface area (Å²) in [7, 11) is 0.